The van der Waals surface area contributed by atoms with Crippen LogP contribution < -0.4 is 0 Å². The Hall–Kier alpha value is -0.760. The van der Waals surface area contributed by atoms with Gasteiger partial charge in [-0.1, -0.05) is 13.2 Å². The van der Waals surface area contributed by atoms with Crippen molar-refractivity contribution in [2.45, 2.75) is 0 Å². The van der Waals surface area contributed by atoms with Crippen molar-refractivity contribution < 1.29 is 9.47 Å². The zero-order valence-electron chi connectivity index (χ0n) is 5.39. The van der Waals surface area contributed by atoms with E-state index in [0.29, 0.717) is 0 Å². The summed E-state index contributed by atoms with van der Waals surface area (Å²) in [5, 5.41) is 0. The first kappa shape index (κ1) is 10.3. The zero-order chi connectivity index (χ0) is 6.83. The first-order chi connectivity index (χ1) is 3.83. The van der Waals surface area contributed by atoms with Crippen molar-refractivity contribution >= 4 is 0 Å². The standard InChI is InChI=1S/C4H6O.C2H6O/c1-3-5-4-2;1-3-2/h3-4H,1-2H2;1-2H3. The Bertz CT molecular complexity index is 44.5. The highest BCUT2D eigenvalue weighted by Gasteiger charge is 1.45. The van der Waals surface area contributed by atoms with Crippen LogP contribution in [0, 0.1) is 0 Å². The van der Waals surface area contributed by atoms with E-state index in [1.54, 1.807) is 14.2 Å². The highest BCUT2D eigenvalue weighted by atomic mass is 16.5. The molecule has 2 heteroatoms. The van der Waals surface area contributed by atoms with Crippen molar-refractivity contribution in [3.8, 4) is 0 Å². The molecule has 48 valence electrons. The molecule has 0 atom stereocenters. The summed E-state index contributed by atoms with van der Waals surface area (Å²) in [5.74, 6) is 0. The fourth-order valence-corrected chi connectivity index (χ4v) is 0.0680. The summed E-state index contributed by atoms with van der Waals surface area (Å²) in [4.78, 5) is 0. The molecular formula is C6H12O2. The van der Waals surface area contributed by atoms with Crippen molar-refractivity contribution in [3.63, 3.8) is 0 Å². The van der Waals surface area contributed by atoms with Gasteiger partial charge in [0.25, 0.3) is 0 Å². The summed E-state index contributed by atoms with van der Waals surface area (Å²) in [5.41, 5.74) is 0. The Kier molecular flexibility index (Phi) is 20.9. The van der Waals surface area contributed by atoms with E-state index in [-0.39, 0.29) is 0 Å². The van der Waals surface area contributed by atoms with E-state index < -0.39 is 0 Å². The van der Waals surface area contributed by atoms with Crippen molar-refractivity contribution in [3.05, 3.63) is 25.7 Å². The predicted octanol–water partition coefficient (Wildman–Crippen LogP) is 1.55. The average Bonchev–Trinajstić information content (AvgIpc) is 1.71. The molecule has 0 amide bonds. The first-order valence-electron chi connectivity index (χ1n) is 2.10. The van der Waals surface area contributed by atoms with Gasteiger partial charge in [-0.25, -0.2) is 0 Å². The van der Waals surface area contributed by atoms with Crippen molar-refractivity contribution in [2.24, 2.45) is 0 Å². The fourth-order valence-electron chi connectivity index (χ4n) is 0.0680. The van der Waals surface area contributed by atoms with Crippen LogP contribution >= 0.6 is 0 Å². The van der Waals surface area contributed by atoms with E-state index in [9.17, 15) is 0 Å². The van der Waals surface area contributed by atoms with Crippen LogP contribution in [0.1, 0.15) is 0 Å². The molecule has 0 spiro atoms. The summed E-state index contributed by atoms with van der Waals surface area (Å²) in [6.45, 7) is 6.51. The van der Waals surface area contributed by atoms with Gasteiger partial charge in [0.15, 0.2) is 0 Å². The molecule has 0 aliphatic heterocycles. The van der Waals surface area contributed by atoms with Crippen molar-refractivity contribution in [2.75, 3.05) is 14.2 Å². The zero-order valence-corrected chi connectivity index (χ0v) is 5.39. The highest BCUT2D eigenvalue weighted by molar-refractivity contribution is 4.57. The van der Waals surface area contributed by atoms with E-state index in [2.05, 4.69) is 22.6 Å². The van der Waals surface area contributed by atoms with E-state index >= 15 is 0 Å². The fraction of sp³-hybridized carbons (Fsp3) is 0.333. The lowest BCUT2D eigenvalue weighted by molar-refractivity contribution is 0.277. The van der Waals surface area contributed by atoms with Gasteiger partial charge in [-0.05, 0) is 0 Å². The van der Waals surface area contributed by atoms with Gasteiger partial charge in [-0.2, -0.15) is 0 Å². The quantitative estimate of drug-likeness (QED) is 0.509. The molecule has 8 heavy (non-hydrogen) atoms. The smallest absolute Gasteiger partial charge is 0.0829 e. The summed E-state index contributed by atoms with van der Waals surface area (Å²) < 4.78 is 8.61. The Morgan fingerprint density at radius 2 is 1.38 bits per heavy atom. The predicted molar refractivity (Wildman–Crippen MR) is 34.4 cm³/mol. The second-order valence-electron chi connectivity index (χ2n) is 0.878. The van der Waals surface area contributed by atoms with Crippen LogP contribution in [-0.4, -0.2) is 14.2 Å². The molecule has 2 nitrogen and oxygen atoms in total. The molecule has 0 aromatic carbocycles. The first-order valence-corrected chi connectivity index (χ1v) is 2.10. The van der Waals surface area contributed by atoms with E-state index in [4.69, 9.17) is 0 Å². The van der Waals surface area contributed by atoms with Crippen LogP contribution in [0.2, 0.25) is 0 Å². The molecule has 0 saturated heterocycles. The molecular weight excluding hydrogens is 104 g/mol. The lowest BCUT2D eigenvalue weighted by Gasteiger charge is -1.76. The monoisotopic (exact) mass is 116 g/mol. The van der Waals surface area contributed by atoms with Crippen LogP contribution in [0.3, 0.4) is 0 Å². The third-order valence-corrected chi connectivity index (χ3v) is 0.192. The largest absolute Gasteiger partial charge is 0.474 e. The number of methoxy groups -OCH3 is 1. The highest BCUT2D eigenvalue weighted by Crippen LogP contribution is 1.65. The number of hydrogen-bond acceptors (Lipinski definition) is 2. The molecule has 0 fully saturated rings. The maximum Gasteiger partial charge on any atom is 0.0829 e. The van der Waals surface area contributed by atoms with E-state index in [1.807, 2.05) is 0 Å². The van der Waals surface area contributed by atoms with Gasteiger partial charge in [0.2, 0.25) is 0 Å². The van der Waals surface area contributed by atoms with E-state index in [1.165, 1.54) is 12.5 Å². The average molecular weight is 116 g/mol. The topological polar surface area (TPSA) is 18.5 Å². The number of hydrogen-bond donors (Lipinski definition) is 0. The van der Waals surface area contributed by atoms with Gasteiger partial charge in [0.1, 0.15) is 0 Å². The van der Waals surface area contributed by atoms with Gasteiger partial charge >= 0.3 is 0 Å². The van der Waals surface area contributed by atoms with Gasteiger partial charge in [-0.3, -0.25) is 0 Å². The minimum Gasteiger partial charge on any atom is -0.474 e. The molecule has 0 heterocycles. The SMILES string of the molecule is C=COC=C.COC. The molecule has 0 aliphatic carbocycles. The van der Waals surface area contributed by atoms with Crippen molar-refractivity contribution in [1.82, 2.24) is 0 Å². The summed E-state index contributed by atoms with van der Waals surface area (Å²) >= 11 is 0. The second-order valence-corrected chi connectivity index (χ2v) is 0.878. The molecule has 0 rings (SSSR count). The maximum absolute atomic E-state index is 4.36. The van der Waals surface area contributed by atoms with Gasteiger partial charge in [0, 0.05) is 14.2 Å². The number of rotatable bonds is 2. The molecule has 0 aliphatic rings. The second kappa shape index (κ2) is 16.3. The maximum atomic E-state index is 4.36. The van der Waals surface area contributed by atoms with Crippen LogP contribution in [0.15, 0.2) is 25.7 Å². The van der Waals surface area contributed by atoms with Crippen molar-refractivity contribution in [1.29, 1.82) is 0 Å². The molecule has 0 radical (unpaired) electrons. The Labute approximate surface area is 50.4 Å². The van der Waals surface area contributed by atoms with Crippen LogP contribution in [0.4, 0.5) is 0 Å². The summed E-state index contributed by atoms with van der Waals surface area (Å²) in [6.07, 6.45) is 2.62. The lowest BCUT2D eigenvalue weighted by atomic mass is 11.1. The summed E-state index contributed by atoms with van der Waals surface area (Å²) in [7, 11) is 3.25. The Morgan fingerprint density at radius 3 is 1.38 bits per heavy atom. The molecule has 0 unspecified atom stereocenters. The Balaban J connectivity index is 0. The normalized spacial score (nSPS) is 5.75. The third kappa shape index (κ3) is 61.3. The molecule has 0 aromatic rings. The minimum absolute atomic E-state index is 1.31. The Morgan fingerprint density at radius 1 is 1.12 bits per heavy atom. The number of ether oxygens (including phenoxy) is 2. The van der Waals surface area contributed by atoms with Gasteiger partial charge in [-0.15, -0.1) is 0 Å². The molecule has 0 N–H and O–H groups in total. The van der Waals surface area contributed by atoms with Gasteiger partial charge in [0.05, 0.1) is 12.5 Å². The minimum atomic E-state index is 1.31. The molecule has 0 aromatic heterocycles. The van der Waals surface area contributed by atoms with Crippen LogP contribution in [0.5, 0.6) is 0 Å². The molecule has 0 saturated carbocycles. The lowest BCUT2D eigenvalue weighted by Crippen LogP contribution is -1.55. The summed E-state index contributed by atoms with van der Waals surface area (Å²) in [6, 6.07) is 0. The van der Waals surface area contributed by atoms with Gasteiger partial charge < -0.3 is 9.47 Å². The molecule has 0 bridgehead atoms. The van der Waals surface area contributed by atoms with E-state index in [0.717, 1.165) is 0 Å². The van der Waals surface area contributed by atoms with Crippen LogP contribution in [-0.2, 0) is 9.47 Å². The van der Waals surface area contributed by atoms with Crippen LogP contribution in [0.25, 0.3) is 0 Å². The third-order valence-electron chi connectivity index (χ3n) is 0.192.